The van der Waals surface area contributed by atoms with Crippen LogP contribution in [0.5, 0.6) is 0 Å². The first-order chi connectivity index (χ1) is 31.4. The molecule has 0 saturated heterocycles. The number of hydrogen-bond donors (Lipinski definition) is 2. The number of fused-ring (bicyclic) bond motifs is 8. The number of hydrogen-bond acceptors (Lipinski definition) is 6. The molecule has 0 amide bonds. The fraction of sp³-hybridized carbons (Fsp3) is 0.273. The summed E-state index contributed by atoms with van der Waals surface area (Å²) in [4.78, 5) is 68.4. The van der Waals surface area contributed by atoms with Crippen LogP contribution in [-0.2, 0) is 19.1 Å². The molecule has 0 fully saturated rings. The maximum atomic E-state index is 14.3. The number of aryl methyl sites for hydroxylation is 2. The van der Waals surface area contributed by atoms with E-state index in [2.05, 4.69) is 146 Å². The summed E-state index contributed by atoms with van der Waals surface area (Å²) in [5, 5.41) is 0. The second-order valence-corrected chi connectivity index (χ2v) is 15.2. The number of H-pyrrole nitrogens is 4. The van der Waals surface area contributed by atoms with Gasteiger partial charge in [-0.1, -0.05) is 20.8 Å². The first-order valence-electron chi connectivity index (χ1n) is 20.6. The first kappa shape index (κ1) is 48.8. The molecular formula is C55H40MgN4O6+4. The van der Waals surface area contributed by atoms with E-state index in [0.29, 0.717) is 39.0 Å². The first-order valence-corrected chi connectivity index (χ1v) is 20.6. The molecule has 10 nitrogen and oxygen atoms in total. The third-order valence-electron chi connectivity index (χ3n) is 11.6. The zero-order chi connectivity index (χ0) is 46.6. The Labute approximate surface area is 400 Å². The van der Waals surface area contributed by atoms with Crippen LogP contribution in [0.4, 0.5) is 0 Å². The van der Waals surface area contributed by atoms with Crippen LogP contribution in [0, 0.1) is 133 Å². The van der Waals surface area contributed by atoms with Crippen molar-refractivity contribution in [2.24, 2.45) is 0 Å². The van der Waals surface area contributed by atoms with Crippen LogP contribution in [0.1, 0.15) is 137 Å². The number of aromatic amines is 4. The zero-order valence-electron chi connectivity index (χ0n) is 37.5. The number of rotatable bonds is 6. The second kappa shape index (κ2) is 22.4. The number of ketones is 2. The van der Waals surface area contributed by atoms with Crippen molar-refractivity contribution in [3.05, 3.63) is 68.8 Å². The van der Waals surface area contributed by atoms with Gasteiger partial charge in [-0.25, -0.2) is 9.97 Å². The predicted octanol–water partition coefficient (Wildman–Crippen LogP) is 5.17. The normalized spacial score (nSPS) is 16.3. The molecule has 314 valence electrons. The Bertz CT molecular complexity index is 3420. The molecule has 5 atom stereocenters. The summed E-state index contributed by atoms with van der Waals surface area (Å²) in [7, 11) is 1.26. The maximum absolute atomic E-state index is 14.3. The molecular weight excluding hydrogens is 837 g/mol. The molecule has 3 aromatic heterocycles. The van der Waals surface area contributed by atoms with E-state index in [9.17, 15) is 19.2 Å². The Kier molecular flexibility index (Phi) is 16.6. The number of ether oxygens (including phenoxy) is 2. The summed E-state index contributed by atoms with van der Waals surface area (Å²) in [5.74, 6) is 40.9. The number of terminal acetylenes is 1. The van der Waals surface area contributed by atoms with E-state index in [1.807, 2.05) is 39.0 Å². The molecule has 2 aliphatic heterocycles. The molecule has 3 aromatic rings. The summed E-state index contributed by atoms with van der Waals surface area (Å²) in [6, 6.07) is 6.02. The SMILES string of the molecule is C#CC#CC#CC#CC#CC#CC#CC#CC#CC#COC(=O)CC[C@@H]1c2[nH+]c(cc3[nH]c(cc4[nH+]c(cc5[nH]c6c(c5C)C(=O)C(C(=O)OC)c26)[C@H](CC)C4C)c(C(C)=O)c3C)C1C.[Mg+2]. The van der Waals surface area contributed by atoms with Crippen molar-refractivity contribution in [1.82, 2.24) is 9.97 Å². The van der Waals surface area contributed by atoms with Gasteiger partial charge in [-0.05, 0) is 92.1 Å². The number of esters is 2. The van der Waals surface area contributed by atoms with Crippen LogP contribution in [-0.4, -0.2) is 63.6 Å². The number of nitrogens with one attached hydrogen (secondary N) is 4. The summed E-state index contributed by atoms with van der Waals surface area (Å²) in [5.41, 5.74) is 9.00. The fourth-order valence-electron chi connectivity index (χ4n) is 8.47. The van der Waals surface area contributed by atoms with Gasteiger partial charge in [0.05, 0.1) is 47.4 Å². The largest absolute Gasteiger partial charge is 2.00 e. The third-order valence-corrected chi connectivity index (χ3v) is 11.6. The van der Waals surface area contributed by atoms with E-state index in [0.717, 1.165) is 40.1 Å². The molecule has 5 heterocycles. The van der Waals surface area contributed by atoms with E-state index in [1.54, 1.807) is 6.92 Å². The topological polar surface area (TPSA) is 147 Å². The average Bonchev–Trinajstić information content (AvgIpc) is 4.03. The van der Waals surface area contributed by atoms with Crippen molar-refractivity contribution < 1.29 is 38.6 Å². The number of carbonyl (C=O) groups excluding carboxylic acids is 4. The molecule has 3 aliphatic rings. The van der Waals surface area contributed by atoms with Gasteiger partial charge < -0.3 is 19.4 Å². The Hall–Kier alpha value is -8.23. The Balaban J connectivity index is 0.00000817. The Morgan fingerprint density at radius 1 is 0.712 bits per heavy atom. The minimum Gasteiger partial charge on any atom is -0.468 e. The Morgan fingerprint density at radius 2 is 1.23 bits per heavy atom. The van der Waals surface area contributed by atoms with E-state index >= 15 is 0 Å². The van der Waals surface area contributed by atoms with Crippen molar-refractivity contribution in [3.63, 3.8) is 0 Å². The van der Waals surface area contributed by atoms with Gasteiger partial charge >= 0.3 is 35.0 Å². The molecule has 0 aromatic carbocycles. The maximum Gasteiger partial charge on any atom is 2.00 e. The minimum absolute atomic E-state index is 0. The van der Waals surface area contributed by atoms with Crippen LogP contribution >= 0.6 is 0 Å². The molecule has 3 unspecified atom stereocenters. The van der Waals surface area contributed by atoms with Gasteiger partial charge in [0.1, 0.15) is 6.11 Å². The third kappa shape index (κ3) is 10.6. The monoisotopic (exact) mass is 876 g/mol. The fourth-order valence-corrected chi connectivity index (χ4v) is 8.47. The van der Waals surface area contributed by atoms with E-state index in [1.165, 1.54) is 7.11 Å². The van der Waals surface area contributed by atoms with Crippen LogP contribution in [0.15, 0.2) is 18.2 Å². The molecule has 8 bridgehead atoms. The van der Waals surface area contributed by atoms with Crippen LogP contribution < -0.4 is 9.97 Å². The predicted molar refractivity (Wildman–Crippen MR) is 250 cm³/mol. The minimum atomic E-state index is -1.24. The zero-order valence-corrected chi connectivity index (χ0v) is 38.9. The van der Waals surface area contributed by atoms with E-state index in [-0.39, 0.29) is 71.1 Å². The molecule has 66 heavy (non-hydrogen) atoms. The van der Waals surface area contributed by atoms with E-state index in [4.69, 9.17) is 15.9 Å². The van der Waals surface area contributed by atoms with Crippen molar-refractivity contribution in [2.45, 2.75) is 90.4 Å². The van der Waals surface area contributed by atoms with Gasteiger partial charge in [-0.15, -0.1) is 6.42 Å². The van der Waals surface area contributed by atoms with Gasteiger partial charge in [-0.2, -0.15) is 0 Å². The van der Waals surface area contributed by atoms with Crippen LogP contribution in [0.2, 0.25) is 0 Å². The van der Waals surface area contributed by atoms with Crippen molar-refractivity contribution in [1.29, 1.82) is 0 Å². The molecule has 6 rings (SSSR count). The van der Waals surface area contributed by atoms with Crippen molar-refractivity contribution in [3.8, 4) is 119 Å². The van der Waals surface area contributed by atoms with Crippen LogP contribution in [0.25, 0.3) is 22.1 Å². The molecule has 0 radical (unpaired) electrons. The second-order valence-electron chi connectivity index (χ2n) is 15.2. The molecule has 0 saturated carbocycles. The molecule has 1 aliphatic carbocycles. The van der Waals surface area contributed by atoms with Gasteiger partial charge in [0.15, 0.2) is 40.3 Å². The Morgan fingerprint density at radius 3 is 1.79 bits per heavy atom. The number of carbonyl (C=O) groups is 4. The quantitative estimate of drug-likeness (QED) is 0.115. The van der Waals surface area contributed by atoms with Gasteiger partial charge in [0.2, 0.25) is 0 Å². The van der Waals surface area contributed by atoms with Crippen molar-refractivity contribution >= 4 is 68.6 Å². The summed E-state index contributed by atoms with van der Waals surface area (Å²) in [6.07, 6.45) is 8.37. The van der Waals surface area contributed by atoms with Gasteiger partial charge in [0, 0.05) is 106 Å². The van der Waals surface area contributed by atoms with Crippen molar-refractivity contribution in [2.75, 3.05) is 7.11 Å². The summed E-state index contributed by atoms with van der Waals surface area (Å²) in [6.45, 7) is 11.6. The molecule has 4 N–H and O–H groups in total. The average molecular weight is 877 g/mol. The summed E-state index contributed by atoms with van der Waals surface area (Å²) >= 11 is 0. The van der Waals surface area contributed by atoms with Gasteiger partial charge in [0.25, 0.3) is 0 Å². The standard InChI is InChI=1S/C55H38N4O6.Mg/c1-9-11-12-13-14-15-16-17-18-19-20-21-22-23-24-25-26-27-30-65-47(61)29-28-40-35(4)42-31-43-36(5)48(38(7)60)46(57-43)33-41-34(3)39(10-2)45(56-41)32-44-37(6)49-53(59-44)50(52(40)58-42)51(54(49)62)55(63)64-8;/h1,31-35,39-40,51,57,59H,10,28-29H2,2-8H3;/q;+2/p+2/t34?,35?,39-,40+,51?;/m1./s1. The van der Waals surface area contributed by atoms with E-state index < -0.39 is 17.9 Å². The van der Waals surface area contributed by atoms with Crippen LogP contribution in [0.3, 0.4) is 0 Å². The smallest absolute Gasteiger partial charge is 0.468 e. The molecule has 0 spiro atoms. The number of Topliss-reactive ketones (excluding diaryl/α,β-unsaturated/α-hetero) is 2. The summed E-state index contributed by atoms with van der Waals surface area (Å²) < 4.78 is 10.4. The molecule has 11 heteroatoms. The number of aromatic nitrogens is 4. The van der Waals surface area contributed by atoms with Gasteiger partial charge in [-0.3, -0.25) is 19.2 Å². The number of methoxy groups -OCH3 is 1.